The molecule has 0 radical (unpaired) electrons. The zero-order chi connectivity index (χ0) is 15.1. The summed E-state index contributed by atoms with van der Waals surface area (Å²) in [5.41, 5.74) is 1.80. The van der Waals surface area contributed by atoms with Gasteiger partial charge in [-0.25, -0.2) is 4.79 Å². The lowest BCUT2D eigenvalue weighted by molar-refractivity contribution is -0.134. The minimum atomic E-state index is -0.973. The van der Waals surface area contributed by atoms with Crippen LogP contribution < -0.4 is 0 Å². The Bertz CT molecular complexity index is 508. The van der Waals surface area contributed by atoms with Crippen molar-refractivity contribution in [1.29, 1.82) is 0 Å². The molecule has 0 saturated heterocycles. The fourth-order valence-corrected chi connectivity index (χ4v) is 1.87. The quantitative estimate of drug-likeness (QED) is 0.812. The van der Waals surface area contributed by atoms with Crippen molar-refractivity contribution in [3.63, 3.8) is 0 Å². The summed E-state index contributed by atoms with van der Waals surface area (Å²) in [6.07, 6.45) is 3.47. The standard InChI is InChI=1S/C16H21NO3/c1-4-12(2)16(20)17(3)11-14-7-5-6-13(10-14)8-9-15(18)19/h5-10,12H,4,11H2,1-3H3,(H,18,19). The highest BCUT2D eigenvalue weighted by Gasteiger charge is 2.15. The molecule has 0 bridgehead atoms. The molecule has 0 aliphatic heterocycles. The van der Waals surface area contributed by atoms with Gasteiger partial charge in [0, 0.05) is 25.6 Å². The molecule has 1 N–H and O–H groups in total. The summed E-state index contributed by atoms with van der Waals surface area (Å²) < 4.78 is 0. The Balaban J connectivity index is 2.75. The maximum atomic E-state index is 12.0. The summed E-state index contributed by atoms with van der Waals surface area (Å²) >= 11 is 0. The first-order valence-corrected chi connectivity index (χ1v) is 6.69. The SMILES string of the molecule is CCC(C)C(=O)N(C)Cc1cccc(C=CC(=O)O)c1. The molecule has 1 amide bonds. The number of carboxylic acid groups (broad SMARTS) is 1. The highest BCUT2D eigenvalue weighted by Crippen LogP contribution is 2.12. The van der Waals surface area contributed by atoms with Crippen molar-refractivity contribution in [2.24, 2.45) is 5.92 Å². The van der Waals surface area contributed by atoms with Gasteiger partial charge < -0.3 is 10.0 Å². The Morgan fingerprint density at radius 1 is 1.40 bits per heavy atom. The molecule has 1 rings (SSSR count). The normalized spacial score (nSPS) is 12.3. The van der Waals surface area contributed by atoms with Crippen LogP contribution in [0.25, 0.3) is 6.08 Å². The Morgan fingerprint density at radius 3 is 2.70 bits per heavy atom. The number of hydrogen-bond donors (Lipinski definition) is 1. The van der Waals surface area contributed by atoms with Gasteiger partial charge in [0.15, 0.2) is 0 Å². The molecular weight excluding hydrogens is 254 g/mol. The number of benzene rings is 1. The van der Waals surface area contributed by atoms with E-state index in [2.05, 4.69) is 0 Å². The summed E-state index contributed by atoms with van der Waals surface area (Å²) in [5.74, 6) is -0.825. The molecule has 0 aliphatic rings. The van der Waals surface area contributed by atoms with E-state index in [1.54, 1.807) is 18.0 Å². The molecule has 1 unspecified atom stereocenters. The molecule has 1 aromatic carbocycles. The largest absolute Gasteiger partial charge is 0.478 e. The summed E-state index contributed by atoms with van der Waals surface area (Å²) in [6, 6.07) is 7.51. The van der Waals surface area contributed by atoms with Gasteiger partial charge in [-0.3, -0.25) is 4.79 Å². The maximum absolute atomic E-state index is 12.0. The highest BCUT2D eigenvalue weighted by atomic mass is 16.4. The topological polar surface area (TPSA) is 57.6 Å². The Kier molecular flexibility index (Phi) is 5.97. The van der Waals surface area contributed by atoms with Crippen LogP contribution in [0.4, 0.5) is 0 Å². The van der Waals surface area contributed by atoms with Gasteiger partial charge in [-0.15, -0.1) is 0 Å². The van der Waals surface area contributed by atoms with E-state index in [-0.39, 0.29) is 11.8 Å². The van der Waals surface area contributed by atoms with Gasteiger partial charge in [-0.05, 0) is 29.7 Å². The fraction of sp³-hybridized carbons (Fsp3) is 0.375. The van der Waals surface area contributed by atoms with Gasteiger partial charge in [0.1, 0.15) is 0 Å². The highest BCUT2D eigenvalue weighted by molar-refractivity contribution is 5.85. The number of nitrogens with zero attached hydrogens (tertiary/aromatic N) is 1. The summed E-state index contributed by atoms with van der Waals surface area (Å²) in [6.45, 7) is 4.44. The lowest BCUT2D eigenvalue weighted by Crippen LogP contribution is -2.30. The van der Waals surface area contributed by atoms with Crippen LogP contribution in [0.3, 0.4) is 0 Å². The molecule has 20 heavy (non-hydrogen) atoms. The third kappa shape index (κ3) is 4.88. The average Bonchev–Trinajstić information content (AvgIpc) is 2.43. The van der Waals surface area contributed by atoms with Gasteiger partial charge in [-0.1, -0.05) is 32.0 Å². The lowest BCUT2D eigenvalue weighted by Gasteiger charge is -2.20. The molecule has 0 heterocycles. The second kappa shape index (κ2) is 7.48. The van der Waals surface area contributed by atoms with E-state index in [4.69, 9.17) is 5.11 Å². The summed E-state index contributed by atoms with van der Waals surface area (Å²) in [4.78, 5) is 24.2. The smallest absolute Gasteiger partial charge is 0.328 e. The van der Waals surface area contributed by atoms with E-state index < -0.39 is 5.97 Å². The number of carboxylic acids is 1. The van der Waals surface area contributed by atoms with Crippen molar-refractivity contribution in [3.8, 4) is 0 Å². The van der Waals surface area contributed by atoms with E-state index in [9.17, 15) is 9.59 Å². The molecule has 0 spiro atoms. The van der Waals surface area contributed by atoms with Crippen LogP contribution in [-0.4, -0.2) is 28.9 Å². The first-order chi connectivity index (χ1) is 9.43. The van der Waals surface area contributed by atoms with Crippen molar-refractivity contribution >= 4 is 18.0 Å². The average molecular weight is 275 g/mol. The predicted octanol–water partition coefficient (Wildman–Crippen LogP) is 2.79. The van der Waals surface area contributed by atoms with Crippen molar-refractivity contribution in [1.82, 2.24) is 4.90 Å². The van der Waals surface area contributed by atoms with Crippen LogP contribution in [0.2, 0.25) is 0 Å². The van der Waals surface area contributed by atoms with Crippen molar-refractivity contribution in [2.45, 2.75) is 26.8 Å². The molecule has 4 nitrogen and oxygen atoms in total. The van der Waals surface area contributed by atoms with Crippen LogP contribution in [-0.2, 0) is 16.1 Å². The van der Waals surface area contributed by atoms with E-state index in [0.717, 1.165) is 23.6 Å². The monoisotopic (exact) mass is 275 g/mol. The zero-order valence-electron chi connectivity index (χ0n) is 12.2. The second-order valence-electron chi connectivity index (χ2n) is 4.92. The minimum Gasteiger partial charge on any atom is -0.478 e. The summed E-state index contributed by atoms with van der Waals surface area (Å²) in [5, 5.41) is 8.61. The van der Waals surface area contributed by atoms with Gasteiger partial charge in [0.25, 0.3) is 0 Å². The van der Waals surface area contributed by atoms with Crippen LogP contribution >= 0.6 is 0 Å². The van der Waals surface area contributed by atoms with Crippen LogP contribution in [0.1, 0.15) is 31.4 Å². The Labute approximate surface area is 119 Å². The third-order valence-corrected chi connectivity index (χ3v) is 3.20. The van der Waals surface area contributed by atoms with Crippen LogP contribution in [0.15, 0.2) is 30.3 Å². The molecular formula is C16H21NO3. The van der Waals surface area contributed by atoms with E-state index in [1.165, 1.54) is 0 Å². The van der Waals surface area contributed by atoms with Crippen LogP contribution in [0.5, 0.6) is 0 Å². The second-order valence-corrected chi connectivity index (χ2v) is 4.92. The van der Waals surface area contributed by atoms with Crippen LogP contribution in [0, 0.1) is 5.92 Å². The molecule has 0 aromatic heterocycles. The lowest BCUT2D eigenvalue weighted by atomic mass is 10.1. The van der Waals surface area contributed by atoms with Gasteiger partial charge in [0.05, 0.1) is 0 Å². The maximum Gasteiger partial charge on any atom is 0.328 e. The molecule has 0 saturated carbocycles. The Morgan fingerprint density at radius 2 is 2.10 bits per heavy atom. The van der Waals surface area contributed by atoms with E-state index in [0.29, 0.717) is 6.54 Å². The van der Waals surface area contributed by atoms with Gasteiger partial charge in [-0.2, -0.15) is 0 Å². The van der Waals surface area contributed by atoms with E-state index in [1.807, 2.05) is 38.1 Å². The van der Waals surface area contributed by atoms with Crippen molar-refractivity contribution < 1.29 is 14.7 Å². The van der Waals surface area contributed by atoms with Crippen molar-refractivity contribution in [3.05, 3.63) is 41.5 Å². The molecule has 1 atom stereocenters. The number of carbonyl (C=O) groups excluding carboxylic acids is 1. The molecule has 108 valence electrons. The third-order valence-electron chi connectivity index (χ3n) is 3.20. The van der Waals surface area contributed by atoms with Gasteiger partial charge in [0.2, 0.25) is 5.91 Å². The molecule has 0 fully saturated rings. The fourth-order valence-electron chi connectivity index (χ4n) is 1.87. The molecule has 1 aromatic rings. The minimum absolute atomic E-state index is 0.0232. The molecule has 4 heteroatoms. The number of aliphatic carboxylic acids is 1. The van der Waals surface area contributed by atoms with E-state index >= 15 is 0 Å². The number of carbonyl (C=O) groups is 2. The number of rotatable bonds is 6. The van der Waals surface area contributed by atoms with Gasteiger partial charge >= 0.3 is 5.97 Å². The number of amides is 1. The Hall–Kier alpha value is -2.10. The zero-order valence-corrected chi connectivity index (χ0v) is 12.2. The first-order valence-electron chi connectivity index (χ1n) is 6.69. The summed E-state index contributed by atoms with van der Waals surface area (Å²) in [7, 11) is 1.79. The molecule has 0 aliphatic carbocycles. The van der Waals surface area contributed by atoms with Crippen molar-refractivity contribution in [2.75, 3.05) is 7.05 Å². The predicted molar refractivity (Wildman–Crippen MR) is 79.0 cm³/mol. The first kappa shape index (κ1) is 16.0. The number of hydrogen-bond acceptors (Lipinski definition) is 2.